The number of carbonyl (C=O) groups is 1. The molecule has 2 aromatic rings. The molecule has 25 heavy (non-hydrogen) atoms. The van der Waals surface area contributed by atoms with Crippen molar-refractivity contribution < 1.29 is 18.0 Å². The molecular formula is C18H18ClF3N2O. The number of hydrogen-bond donors (Lipinski definition) is 2. The van der Waals surface area contributed by atoms with Gasteiger partial charge in [-0.15, -0.1) is 12.4 Å². The Bertz CT molecular complexity index is 773. The monoisotopic (exact) mass is 370 g/mol. The Kier molecular flexibility index (Phi) is 5.32. The lowest BCUT2D eigenvalue weighted by molar-refractivity contribution is -0.137. The fraction of sp³-hybridized carbons (Fsp3) is 0.278. The van der Waals surface area contributed by atoms with Crippen LogP contribution in [0, 0.1) is 0 Å². The third-order valence-electron chi connectivity index (χ3n) is 4.45. The second-order valence-corrected chi connectivity index (χ2v) is 6.09. The van der Waals surface area contributed by atoms with Gasteiger partial charge in [0.2, 0.25) is 0 Å². The third-order valence-corrected chi connectivity index (χ3v) is 4.45. The molecule has 0 unspecified atom stereocenters. The standard InChI is InChI=1S/C18H17F3N2O.ClH/c19-18(20,21)14-6-2-5-13(11-14)17(8-3-9-17)23-16(24)12-4-1-7-15(22)10-12;/h1-2,4-7,10-11H,3,8-9,22H2,(H,23,24);1H. The quantitative estimate of drug-likeness (QED) is 0.780. The second-order valence-electron chi connectivity index (χ2n) is 6.09. The highest BCUT2D eigenvalue weighted by molar-refractivity contribution is 5.95. The molecule has 1 fully saturated rings. The Labute approximate surface area is 149 Å². The average molecular weight is 371 g/mol. The van der Waals surface area contributed by atoms with Crippen LogP contribution >= 0.6 is 12.4 Å². The van der Waals surface area contributed by atoms with Crippen molar-refractivity contribution in [1.82, 2.24) is 5.32 Å². The van der Waals surface area contributed by atoms with Gasteiger partial charge in [0.1, 0.15) is 0 Å². The molecule has 1 aliphatic carbocycles. The average Bonchev–Trinajstić information content (AvgIpc) is 2.50. The Balaban J connectivity index is 0.00000225. The first-order valence-electron chi connectivity index (χ1n) is 7.66. The van der Waals surface area contributed by atoms with E-state index in [9.17, 15) is 18.0 Å². The number of nitrogen functional groups attached to an aromatic ring is 1. The van der Waals surface area contributed by atoms with E-state index in [1.807, 2.05) is 0 Å². The molecule has 0 saturated heterocycles. The van der Waals surface area contributed by atoms with Crippen LogP contribution in [0.3, 0.4) is 0 Å². The van der Waals surface area contributed by atoms with E-state index < -0.39 is 17.3 Å². The number of benzene rings is 2. The summed E-state index contributed by atoms with van der Waals surface area (Å²) in [5.74, 6) is -0.334. The van der Waals surface area contributed by atoms with Crippen LogP contribution in [0.25, 0.3) is 0 Å². The van der Waals surface area contributed by atoms with E-state index in [1.165, 1.54) is 6.07 Å². The molecule has 7 heteroatoms. The first-order chi connectivity index (χ1) is 11.3. The van der Waals surface area contributed by atoms with Crippen molar-refractivity contribution in [2.24, 2.45) is 0 Å². The Morgan fingerprint density at radius 2 is 1.76 bits per heavy atom. The third kappa shape index (κ3) is 3.90. The molecule has 1 aliphatic rings. The van der Waals surface area contributed by atoms with E-state index in [4.69, 9.17) is 5.73 Å². The molecule has 0 aliphatic heterocycles. The lowest BCUT2D eigenvalue weighted by Gasteiger charge is -2.43. The lowest BCUT2D eigenvalue weighted by Crippen LogP contribution is -2.50. The summed E-state index contributed by atoms with van der Waals surface area (Å²) >= 11 is 0. The van der Waals surface area contributed by atoms with Crippen LogP contribution in [0.2, 0.25) is 0 Å². The summed E-state index contributed by atoms with van der Waals surface area (Å²) in [5.41, 5.74) is 5.58. The number of nitrogens with two attached hydrogens (primary N) is 1. The molecule has 0 radical (unpaired) electrons. The van der Waals surface area contributed by atoms with Crippen molar-refractivity contribution in [1.29, 1.82) is 0 Å². The van der Waals surface area contributed by atoms with Gasteiger partial charge in [0.15, 0.2) is 0 Å². The number of alkyl halides is 3. The topological polar surface area (TPSA) is 55.1 Å². The zero-order valence-corrected chi connectivity index (χ0v) is 14.1. The molecular weight excluding hydrogens is 353 g/mol. The maximum Gasteiger partial charge on any atom is 0.416 e. The Hall–Kier alpha value is -2.21. The zero-order chi connectivity index (χ0) is 17.4. The largest absolute Gasteiger partial charge is 0.416 e. The fourth-order valence-electron chi connectivity index (χ4n) is 2.98. The number of amides is 1. The first kappa shape index (κ1) is 19.1. The summed E-state index contributed by atoms with van der Waals surface area (Å²) < 4.78 is 38.8. The minimum Gasteiger partial charge on any atom is -0.399 e. The van der Waals surface area contributed by atoms with Crippen molar-refractivity contribution >= 4 is 24.0 Å². The molecule has 3 rings (SSSR count). The number of halogens is 4. The second kappa shape index (κ2) is 6.96. The van der Waals surface area contributed by atoms with E-state index in [1.54, 1.807) is 30.3 Å². The molecule has 0 atom stereocenters. The fourth-order valence-corrected chi connectivity index (χ4v) is 2.98. The minimum absolute atomic E-state index is 0. The van der Waals surface area contributed by atoms with E-state index in [0.717, 1.165) is 18.6 Å². The highest BCUT2D eigenvalue weighted by atomic mass is 35.5. The van der Waals surface area contributed by atoms with E-state index >= 15 is 0 Å². The van der Waals surface area contributed by atoms with Gasteiger partial charge in [-0.2, -0.15) is 13.2 Å². The van der Waals surface area contributed by atoms with Crippen LogP contribution in [-0.2, 0) is 11.7 Å². The summed E-state index contributed by atoms with van der Waals surface area (Å²) in [4.78, 5) is 12.5. The lowest BCUT2D eigenvalue weighted by atomic mass is 9.71. The molecule has 0 heterocycles. The smallest absolute Gasteiger partial charge is 0.399 e. The number of hydrogen-bond acceptors (Lipinski definition) is 2. The summed E-state index contributed by atoms with van der Waals surface area (Å²) in [6.07, 6.45) is -2.32. The van der Waals surface area contributed by atoms with Crippen molar-refractivity contribution in [3.05, 3.63) is 65.2 Å². The summed E-state index contributed by atoms with van der Waals surface area (Å²) in [6.45, 7) is 0. The van der Waals surface area contributed by atoms with Crippen molar-refractivity contribution in [2.45, 2.75) is 31.0 Å². The molecule has 0 bridgehead atoms. The van der Waals surface area contributed by atoms with Gasteiger partial charge in [0.05, 0.1) is 11.1 Å². The van der Waals surface area contributed by atoms with Crippen molar-refractivity contribution in [3.8, 4) is 0 Å². The van der Waals surface area contributed by atoms with Crippen LogP contribution in [0.1, 0.15) is 40.7 Å². The van der Waals surface area contributed by atoms with Crippen LogP contribution in [0.5, 0.6) is 0 Å². The molecule has 3 nitrogen and oxygen atoms in total. The van der Waals surface area contributed by atoms with Gasteiger partial charge in [-0.3, -0.25) is 4.79 Å². The maximum atomic E-state index is 12.9. The molecule has 0 aromatic heterocycles. The molecule has 0 spiro atoms. The highest BCUT2D eigenvalue weighted by Crippen LogP contribution is 2.43. The van der Waals surface area contributed by atoms with Gasteiger partial charge < -0.3 is 11.1 Å². The number of carbonyl (C=O) groups excluding carboxylic acids is 1. The molecule has 3 N–H and O–H groups in total. The minimum atomic E-state index is -4.40. The summed E-state index contributed by atoms with van der Waals surface area (Å²) in [6, 6.07) is 11.7. The van der Waals surface area contributed by atoms with E-state index in [0.29, 0.717) is 29.7 Å². The summed E-state index contributed by atoms with van der Waals surface area (Å²) in [7, 11) is 0. The molecule has 1 saturated carbocycles. The van der Waals surface area contributed by atoms with Crippen LogP contribution in [-0.4, -0.2) is 5.91 Å². The van der Waals surface area contributed by atoms with Gasteiger partial charge in [-0.05, 0) is 55.2 Å². The normalized spacial score (nSPS) is 15.6. The Morgan fingerprint density at radius 1 is 1.08 bits per heavy atom. The van der Waals surface area contributed by atoms with Crippen LogP contribution in [0.15, 0.2) is 48.5 Å². The Morgan fingerprint density at radius 3 is 2.32 bits per heavy atom. The molecule has 134 valence electrons. The summed E-state index contributed by atoms with van der Waals surface area (Å²) in [5, 5.41) is 2.91. The SMILES string of the molecule is Cl.Nc1cccc(C(=O)NC2(c3cccc(C(F)(F)F)c3)CCC2)c1. The number of anilines is 1. The van der Waals surface area contributed by atoms with Crippen molar-refractivity contribution in [3.63, 3.8) is 0 Å². The molecule has 1 amide bonds. The van der Waals surface area contributed by atoms with Gasteiger partial charge >= 0.3 is 6.18 Å². The van der Waals surface area contributed by atoms with Gasteiger partial charge in [0.25, 0.3) is 5.91 Å². The zero-order valence-electron chi connectivity index (χ0n) is 13.3. The molecule has 2 aromatic carbocycles. The highest BCUT2D eigenvalue weighted by Gasteiger charge is 2.41. The van der Waals surface area contributed by atoms with Crippen LogP contribution < -0.4 is 11.1 Å². The van der Waals surface area contributed by atoms with E-state index in [-0.39, 0.29) is 18.3 Å². The van der Waals surface area contributed by atoms with Crippen molar-refractivity contribution in [2.75, 3.05) is 5.73 Å². The van der Waals surface area contributed by atoms with E-state index in [2.05, 4.69) is 5.32 Å². The van der Waals surface area contributed by atoms with Gasteiger partial charge in [-0.25, -0.2) is 0 Å². The van der Waals surface area contributed by atoms with Gasteiger partial charge in [-0.1, -0.05) is 18.2 Å². The van der Waals surface area contributed by atoms with Crippen LogP contribution in [0.4, 0.5) is 18.9 Å². The van der Waals surface area contributed by atoms with Gasteiger partial charge in [0, 0.05) is 11.3 Å². The maximum absolute atomic E-state index is 12.9. The number of rotatable bonds is 3. The number of nitrogens with one attached hydrogen (secondary N) is 1. The first-order valence-corrected chi connectivity index (χ1v) is 7.66. The predicted octanol–water partition coefficient (Wildman–Crippen LogP) is 4.52. The predicted molar refractivity (Wildman–Crippen MR) is 92.5 cm³/mol.